The maximum atomic E-state index is 3.50. The van der Waals surface area contributed by atoms with Crippen LogP contribution in [0, 0.1) is 5.92 Å². The van der Waals surface area contributed by atoms with Crippen LogP contribution in [-0.2, 0) is 0 Å². The van der Waals surface area contributed by atoms with E-state index in [0.29, 0.717) is 0 Å². The van der Waals surface area contributed by atoms with Gasteiger partial charge in [0.2, 0.25) is 0 Å². The summed E-state index contributed by atoms with van der Waals surface area (Å²) in [5.41, 5.74) is 1.27. The second kappa shape index (κ2) is 3.86. The van der Waals surface area contributed by atoms with Crippen molar-refractivity contribution in [2.24, 2.45) is 5.92 Å². The highest BCUT2D eigenvalue weighted by Crippen LogP contribution is 2.32. The zero-order valence-corrected chi connectivity index (χ0v) is 9.52. The van der Waals surface area contributed by atoms with Crippen molar-refractivity contribution in [1.29, 1.82) is 0 Å². The molecule has 0 unspecified atom stereocenters. The standard InChI is InChI=1S/C13H15NS/c1-2-10(1)5-7-14-12-3-4-13-11(9-12)6-8-15-13/h3-4,6,8-10,14H,1-2,5,7H2. The summed E-state index contributed by atoms with van der Waals surface area (Å²) < 4.78 is 1.38. The molecule has 0 radical (unpaired) electrons. The number of rotatable bonds is 4. The summed E-state index contributed by atoms with van der Waals surface area (Å²) in [6.45, 7) is 1.13. The normalized spacial score (nSPS) is 15.7. The Morgan fingerprint density at radius 2 is 2.20 bits per heavy atom. The van der Waals surface area contributed by atoms with Crippen molar-refractivity contribution < 1.29 is 0 Å². The number of hydrogen-bond donors (Lipinski definition) is 1. The minimum atomic E-state index is 1.02. The smallest absolute Gasteiger partial charge is 0.0347 e. The van der Waals surface area contributed by atoms with Crippen LogP contribution >= 0.6 is 11.3 Å². The predicted molar refractivity (Wildman–Crippen MR) is 67.7 cm³/mol. The lowest BCUT2D eigenvalue weighted by Crippen LogP contribution is -2.01. The van der Waals surface area contributed by atoms with Gasteiger partial charge in [0, 0.05) is 16.9 Å². The number of thiophene rings is 1. The predicted octanol–water partition coefficient (Wildman–Crippen LogP) is 4.11. The Labute approximate surface area is 94.1 Å². The summed E-state index contributed by atoms with van der Waals surface area (Å²) in [7, 11) is 0. The van der Waals surface area contributed by atoms with E-state index in [4.69, 9.17) is 0 Å². The molecule has 0 atom stereocenters. The first-order valence-corrected chi connectivity index (χ1v) is 6.51. The van der Waals surface area contributed by atoms with Gasteiger partial charge in [0.15, 0.2) is 0 Å². The molecule has 0 amide bonds. The first-order valence-electron chi connectivity index (χ1n) is 5.63. The Balaban J connectivity index is 1.67. The zero-order valence-electron chi connectivity index (χ0n) is 8.70. The van der Waals surface area contributed by atoms with Crippen LogP contribution in [-0.4, -0.2) is 6.54 Å². The van der Waals surface area contributed by atoms with Gasteiger partial charge in [0.25, 0.3) is 0 Å². The van der Waals surface area contributed by atoms with Crippen molar-refractivity contribution in [3.05, 3.63) is 29.6 Å². The van der Waals surface area contributed by atoms with Crippen molar-refractivity contribution in [2.75, 3.05) is 11.9 Å². The van der Waals surface area contributed by atoms with Gasteiger partial charge in [-0.05, 0) is 47.4 Å². The lowest BCUT2D eigenvalue weighted by molar-refractivity contribution is 0.760. The fourth-order valence-corrected chi connectivity index (χ4v) is 2.67. The van der Waals surface area contributed by atoms with Crippen molar-refractivity contribution >= 4 is 27.1 Å². The van der Waals surface area contributed by atoms with Crippen LogP contribution in [0.1, 0.15) is 19.3 Å². The highest BCUT2D eigenvalue weighted by atomic mass is 32.1. The Morgan fingerprint density at radius 1 is 1.27 bits per heavy atom. The van der Waals surface area contributed by atoms with Crippen LogP contribution in [0.5, 0.6) is 0 Å². The second-order valence-electron chi connectivity index (χ2n) is 4.33. The topological polar surface area (TPSA) is 12.0 Å². The van der Waals surface area contributed by atoms with Crippen LogP contribution in [0.15, 0.2) is 29.6 Å². The third-order valence-electron chi connectivity index (χ3n) is 3.03. The van der Waals surface area contributed by atoms with Crippen LogP contribution < -0.4 is 5.32 Å². The molecule has 0 bridgehead atoms. The van der Waals surface area contributed by atoms with Crippen molar-refractivity contribution in [3.63, 3.8) is 0 Å². The van der Waals surface area contributed by atoms with Gasteiger partial charge < -0.3 is 5.32 Å². The molecule has 78 valence electrons. The average Bonchev–Trinajstić information content (AvgIpc) is 2.95. The first-order chi connectivity index (χ1) is 7.42. The lowest BCUT2D eigenvalue weighted by Gasteiger charge is -2.05. The number of benzene rings is 1. The fraction of sp³-hybridized carbons (Fsp3) is 0.385. The van der Waals surface area contributed by atoms with E-state index in [0.717, 1.165) is 12.5 Å². The van der Waals surface area contributed by atoms with Crippen LogP contribution in [0.4, 0.5) is 5.69 Å². The number of hydrogen-bond acceptors (Lipinski definition) is 2. The zero-order chi connectivity index (χ0) is 10.1. The minimum Gasteiger partial charge on any atom is -0.385 e. The Hall–Kier alpha value is -1.02. The molecule has 2 aromatic rings. The second-order valence-corrected chi connectivity index (χ2v) is 5.28. The van der Waals surface area contributed by atoms with Gasteiger partial charge in [-0.25, -0.2) is 0 Å². The molecule has 15 heavy (non-hydrogen) atoms. The Bertz CT molecular complexity index is 456. The number of anilines is 1. The van der Waals surface area contributed by atoms with Gasteiger partial charge in [-0.1, -0.05) is 12.8 Å². The fourth-order valence-electron chi connectivity index (χ4n) is 1.90. The van der Waals surface area contributed by atoms with Gasteiger partial charge in [-0.2, -0.15) is 0 Å². The molecule has 1 aliphatic rings. The van der Waals surface area contributed by atoms with E-state index in [1.165, 1.54) is 35.0 Å². The minimum absolute atomic E-state index is 1.02. The van der Waals surface area contributed by atoms with Gasteiger partial charge >= 0.3 is 0 Å². The molecule has 0 aliphatic heterocycles. The summed E-state index contributed by atoms with van der Waals surface area (Å²) in [5, 5.41) is 7.01. The molecule has 2 heteroatoms. The third kappa shape index (κ3) is 2.15. The highest BCUT2D eigenvalue weighted by Gasteiger charge is 2.19. The Morgan fingerprint density at radius 3 is 3.07 bits per heavy atom. The van der Waals surface area contributed by atoms with Crippen LogP contribution in [0.25, 0.3) is 10.1 Å². The van der Waals surface area contributed by atoms with E-state index in [-0.39, 0.29) is 0 Å². The molecule has 3 rings (SSSR count). The summed E-state index contributed by atoms with van der Waals surface area (Å²) >= 11 is 1.81. The van der Waals surface area contributed by atoms with Crippen molar-refractivity contribution in [1.82, 2.24) is 0 Å². The summed E-state index contributed by atoms with van der Waals surface area (Å²) in [6, 6.07) is 8.83. The van der Waals surface area contributed by atoms with E-state index in [1.54, 1.807) is 11.3 Å². The molecule has 1 fully saturated rings. The molecule has 0 spiro atoms. The molecule has 1 saturated carbocycles. The maximum absolute atomic E-state index is 3.50. The quantitative estimate of drug-likeness (QED) is 0.812. The molecule has 1 aliphatic carbocycles. The molecule has 1 nitrogen and oxygen atoms in total. The van der Waals surface area contributed by atoms with Crippen LogP contribution in [0.2, 0.25) is 0 Å². The molecular formula is C13H15NS. The van der Waals surface area contributed by atoms with E-state index in [1.807, 2.05) is 0 Å². The summed E-state index contributed by atoms with van der Waals surface area (Å²) in [5.74, 6) is 1.02. The van der Waals surface area contributed by atoms with E-state index >= 15 is 0 Å². The SMILES string of the molecule is c1cc2cc(NCCC3CC3)ccc2s1. The molecule has 0 saturated heterocycles. The van der Waals surface area contributed by atoms with Crippen LogP contribution in [0.3, 0.4) is 0 Å². The first kappa shape index (κ1) is 9.22. The van der Waals surface area contributed by atoms with Crippen molar-refractivity contribution in [3.8, 4) is 0 Å². The average molecular weight is 217 g/mol. The van der Waals surface area contributed by atoms with Crippen molar-refractivity contribution in [2.45, 2.75) is 19.3 Å². The van der Waals surface area contributed by atoms with E-state index in [9.17, 15) is 0 Å². The monoisotopic (exact) mass is 217 g/mol. The summed E-state index contributed by atoms with van der Waals surface area (Å²) in [6.07, 6.45) is 4.23. The molecule has 1 heterocycles. The van der Waals surface area contributed by atoms with Gasteiger partial charge in [-0.3, -0.25) is 0 Å². The van der Waals surface area contributed by atoms with E-state index < -0.39 is 0 Å². The molecule has 1 aromatic heterocycles. The number of fused-ring (bicyclic) bond motifs is 1. The van der Waals surface area contributed by atoms with E-state index in [2.05, 4.69) is 35.0 Å². The molecule has 1 aromatic carbocycles. The lowest BCUT2D eigenvalue weighted by atomic mass is 10.2. The van der Waals surface area contributed by atoms with Gasteiger partial charge in [-0.15, -0.1) is 11.3 Å². The number of nitrogens with one attached hydrogen (secondary N) is 1. The van der Waals surface area contributed by atoms with Gasteiger partial charge in [0.1, 0.15) is 0 Å². The highest BCUT2D eigenvalue weighted by molar-refractivity contribution is 7.17. The maximum Gasteiger partial charge on any atom is 0.0347 e. The molecular weight excluding hydrogens is 202 g/mol. The Kier molecular flexibility index (Phi) is 2.37. The summed E-state index contributed by atoms with van der Waals surface area (Å²) in [4.78, 5) is 0. The van der Waals surface area contributed by atoms with Gasteiger partial charge in [0.05, 0.1) is 0 Å². The largest absolute Gasteiger partial charge is 0.385 e. The molecule has 1 N–H and O–H groups in total. The third-order valence-corrected chi connectivity index (χ3v) is 3.93.